The molecule has 3 heterocycles. The summed E-state index contributed by atoms with van der Waals surface area (Å²) in [5.41, 5.74) is 1.49. The van der Waals surface area contributed by atoms with Crippen molar-refractivity contribution in [2.45, 2.75) is 40.2 Å². The minimum Gasteiger partial charge on any atom is -0.348 e. The number of imidazole rings is 1. The SMILES string of the molecule is CCc1c(C)nc(-n2nc(C)cc2NC(=O)C(=O)NCCCn2ccnc2)[nH]c1=O. The highest BCUT2D eigenvalue weighted by Gasteiger charge is 2.18. The molecule has 2 amide bonds. The molecular formula is C19H24N8O3. The van der Waals surface area contributed by atoms with Gasteiger partial charge in [-0.2, -0.15) is 9.78 Å². The lowest BCUT2D eigenvalue weighted by atomic mass is 10.2. The number of hydrogen-bond donors (Lipinski definition) is 3. The molecule has 158 valence electrons. The number of aromatic amines is 1. The van der Waals surface area contributed by atoms with Crippen molar-refractivity contribution in [1.82, 2.24) is 34.6 Å². The summed E-state index contributed by atoms with van der Waals surface area (Å²) in [5, 5.41) is 9.36. The number of H-pyrrole nitrogens is 1. The van der Waals surface area contributed by atoms with E-state index in [9.17, 15) is 14.4 Å². The number of nitrogens with zero attached hydrogens (tertiary/aromatic N) is 5. The van der Waals surface area contributed by atoms with Crippen LogP contribution in [0.15, 0.2) is 29.6 Å². The van der Waals surface area contributed by atoms with Crippen LogP contribution in [0.1, 0.15) is 30.3 Å². The third kappa shape index (κ3) is 4.80. The summed E-state index contributed by atoms with van der Waals surface area (Å²) in [6.07, 6.45) is 6.39. The number of carbonyl (C=O) groups excluding carboxylic acids is 2. The van der Waals surface area contributed by atoms with Crippen molar-refractivity contribution < 1.29 is 9.59 Å². The number of nitrogens with one attached hydrogen (secondary N) is 3. The van der Waals surface area contributed by atoms with Crippen LogP contribution in [-0.2, 0) is 22.6 Å². The quantitative estimate of drug-likeness (QED) is 0.381. The van der Waals surface area contributed by atoms with Crippen molar-refractivity contribution in [3.8, 4) is 5.95 Å². The van der Waals surface area contributed by atoms with Crippen molar-refractivity contribution >= 4 is 17.6 Å². The molecule has 30 heavy (non-hydrogen) atoms. The van der Waals surface area contributed by atoms with E-state index in [0.29, 0.717) is 42.9 Å². The molecule has 3 rings (SSSR count). The molecular weight excluding hydrogens is 388 g/mol. The maximum atomic E-state index is 12.3. The lowest BCUT2D eigenvalue weighted by Crippen LogP contribution is -2.36. The molecule has 0 aromatic carbocycles. The first kappa shape index (κ1) is 21.0. The Morgan fingerprint density at radius 3 is 2.70 bits per heavy atom. The number of aromatic nitrogens is 6. The van der Waals surface area contributed by atoms with Crippen LogP contribution < -0.4 is 16.2 Å². The first-order chi connectivity index (χ1) is 14.4. The van der Waals surface area contributed by atoms with Gasteiger partial charge in [-0.25, -0.2) is 9.97 Å². The minimum absolute atomic E-state index is 0.166. The van der Waals surface area contributed by atoms with Crippen molar-refractivity contribution in [1.29, 1.82) is 0 Å². The monoisotopic (exact) mass is 412 g/mol. The maximum Gasteiger partial charge on any atom is 0.314 e. The highest BCUT2D eigenvalue weighted by molar-refractivity contribution is 6.39. The van der Waals surface area contributed by atoms with E-state index in [1.54, 1.807) is 32.4 Å². The van der Waals surface area contributed by atoms with Gasteiger partial charge in [0.1, 0.15) is 5.82 Å². The van der Waals surface area contributed by atoms with Crippen molar-refractivity contribution in [2.75, 3.05) is 11.9 Å². The van der Waals surface area contributed by atoms with Crippen LogP contribution in [0, 0.1) is 13.8 Å². The average Bonchev–Trinajstić information content (AvgIpc) is 3.34. The molecule has 0 radical (unpaired) electrons. The second kappa shape index (κ2) is 9.16. The Labute approximate surface area is 172 Å². The molecule has 3 aromatic rings. The van der Waals surface area contributed by atoms with Crippen molar-refractivity contribution in [3.05, 3.63) is 52.1 Å². The molecule has 0 aliphatic carbocycles. The van der Waals surface area contributed by atoms with Gasteiger partial charge >= 0.3 is 11.8 Å². The van der Waals surface area contributed by atoms with E-state index in [4.69, 9.17) is 0 Å². The van der Waals surface area contributed by atoms with Crippen LogP contribution in [-0.4, -0.2) is 47.7 Å². The summed E-state index contributed by atoms with van der Waals surface area (Å²) < 4.78 is 3.18. The standard InChI is InChI=1S/C19H24N8O3/c1-4-14-13(3)22-19(24-16(14)28)27-15(10-12(2)25-27)23-18(30)17(29)21-6-5-8-26-9-7-20-11-26/h7,9-11H,4-6,8H2,1-3H3,(H,21,29)(H,23,30)(H,22,24,28). The average molecular weight is 412 g/mol. The molecule has 3 N–H and O–H groups in total. The molecule has 0 atom stereocenters. The summed E-state index contributed by atoms with van der Waals surface area (Å²) >= 11 is 0. The molecule has 0 saturated heterocycles. The number of carbonyl (C=O) groups is 2. The zero-order valence-electron chi connectivity index (χ0n) is 17.1. The number of amides is 2. The molecule has 0 fully saturated rings. The van der Waals surface area contributed by atoms with E-state index in [-0.39, 0.29) is 17.3 Å². The topological polar surface area (TPSA) is 140 Å². The fourth-order valence-corrected chi connectivity index (χ4v) is 3.00. The predicted molar refractivity (Wildman–Crippen MR) is 109 cm³/mol. The minimum atomic E-state index is -0.831. The van der Waals surface area contributed by atoms with Crippen LogP contribution in [0.3, 0.4) is 0 Å². The Hall–Kier alpha value is -3.76. The van der Waals surface area contributed by atoms with Gasteiger partial charge < -0.3 is 15.2 Å². The fourth-order valence-electron chi connectivity index (χ4n) is 3.00. The molecule has 0 aliphatic heterocycles. The first-order valence-corrected chi connectivity index (χ1v) is 9.60. The second-order valence-electron chi connectivity index (χ2n) is 6.75. The highest BCUT2D eigenvalue weighted by Crippen LogP contribution is 2.14. The van der Waals surface area contributed by atoms with Crippen molar-refractivity contribution in [3.63, 3.8) is 0 Å². The summed E-state index contributed by atoms with van der Waals surface area (Å²) in [5.74, 6) is -1.19. The molecule has 0 unspecified atom stereocenters. The maximum absolute atomic E-state index is 12.3. The van der Waals surface area contributed by atoms with Crippen LogP contribution in [0.4, 0.5) is 5.82 Å². The smallest absolute Gasteiger partial charge is 0.314 e. The van der Waals surface area contributed by atoms with Crippen LogP contribution in [0.5, 0.6) is 0 Å². The third-order valence-corrected chi connectivity index (χ3v) is 4.48. The Morgan fingerprint density at radius 1 is 1.23 bits per heavy atom. The van der Waals surface area contributed by atoms with E-state index in [2.05, 4.69) is 30.7 Å². The number of anilines is 1. The third-order valence-electron chi connectivity index (χ3n) is 4.48. The molecule has 3 aromatic heterocycles. The van der Waals surface area contributed by atoms with E-state index >= 15 is 0 Å². The zero-order valence-corrected chi connectivity index (χ0v) is 17.1. The molecule has 11 heteroatoms. The van der Waals surface area contributed by atoms with Gasteiger partial charge in [0.2, 0.25) is 5.95 Å². The van der Waals surface area contributed by atoms with Gasteiger partial charge in [-0.1, -0.05) is 6.92 Å². The fraction of sp³-hybridized carbons (Fsp3) is 0.368. The van der Waals surface area contributed by atoms with Gasteiger partial charge in [0.25, 0.3) is 5.56 Å². The Balaban J connectivity index is 1.66. The molecule has 0 bridgehead atoms. The summed E-state index contributed by atoms with van der Waals surface area (Å²) in [7, 11) is 0. The van der Waals surface area contributed by atoms with Crippen LogP contribution >= 0.6 is 0 Å². The lowest BCUT2D eigenvalue weighted by molar-refractivity contribution is -0.136. The largest absolute Gasteiger partial charge is 0.348 e. The predicted octanol–water partition coefficient (Wildman–Crippen LogP) is 0.476. The van der Waals surface area contributed by atoms with Gasteiger partial charge in [0.15, 0.2) is 0 Å². The Kier molecular flexibility index (Phi) is 6.40. The van der Waals surface area contributed by atoms with Gasteiger partial charge in [-0.3, -0.25) is 19.4 Å². The first-order valence-electron chi connectivity index (χ1n) is 9.60. The van der Waals surface area contributed by atoms with Gasteiger partial charge in [-0.05, 0) is 26.7 Å². The molecule has 0 spiro atoms. The Morgan fingerprint density at radius 2 is 2.03 bits per heavy atom. The Bertz CT molecular complexity index is 1100. The lowest BCUT2D eigenvalue weighted by Gasteiger charge is -2.10. The van der Waals surface area contributed by atoms with E-state index in [1.807, 2.05) is 17.7 Å². The summed E-state index contributed by atoms with van der Waals surface area (Å²) in [6.45, 7) is 6.36. The van der Waals surface area contributed by atoms with Crippen LogP contribution in [0.25, 0.3) is 5.95 Å². The second-order valence-corrected chi connectivity index (χ2v) is 6.75. The number of hydrogen-bond acceptors (Lipinski definition) is 6. The summed E-state index contributed by atoms with van der Waals surface area (Å²) in [6, 6.07) is 1.59. The van der Waals surface area contributed by atoms with E-state index < -0.39 is 11.8 Å². The van der Waals surface area contributed by atoms with E-state index in [1.165, 1.54) is 4.68 Å². The van der Waals surface area contributed by atoms with Crippen LogP contribution in [0.2, 0.25) is 0 Å². The molecule has 11 nitrogen and oxygen atoms in total. The number of aryl methyl sites for hydroxylation is 3. The van der Waals surface area contributed by atoms with Gasteiger partial charge in [0.05, 0.1) is 12.0 Å². The van der Waals surface area contributed by atoms with E-state index in [0.717, 1.165) is 0 Å². The number of rotatable bonds is 7. The van der Waals surface area contributed by atoms with Crippen molar-refractivity contribution in [2.24, 2.45) is 0 Å². The zero-order chi connectivity index (χ0) is 21.7. The molecule has 0 saturated carbocycles. The summed E-state index contributed by atoms with van der Waals surface area (Å²) in [4.78, 5) is 47.6. The highest BCUT2D eigenvalue weighted by atomic mass is 16.2. The van der Waals surface area contributed by atoms with Gasteiger partial charge in [0, 0.05) is 42.8 Å². The van der Waals surface area contributed by atoms with Gasteiger partial charge in [-0.15, -0.1) is 0 Å². The normalized spacial score (nSPS) is 10.8. The molecule has 0 aliphatic rings.